The predicted octanol–water partition coefficient (Wildman–Crippen LogP) is 3.33. The Bertz CT molecular complexity index is 372. The van der Waals surface area contributed by atoms with Gasteiger partial charge in [0, 0.05) is 19.2 Å². The molecule has 0 spiro atoms. The molecule has 3 unspecified atom stereocenters. The van der Waals surface area contributed by atoms with E-state index in [1.165, 1.54) is 37.8 Å². The molecule has 0 aromatic carbocycles. The lowest BCUT2D eigenvalue weighted by molar-refractivity contribution is 0.217. The Morgan fingerprint density at radius 3 is 2.84 bits per heavy atom. The van der Waals surface area contributed by atoms with E-state index in [1.807, 2.05) is 11.7 Å². The average Bonchev–Trinajstić information content (AvgIpc) is 2.84. The van der Waals surface area contributed by atoms with Crippen molar-refractivity contribution in [1.29, 1.82) is 0 Å². The Balaban J connectivity index is 2.06. The zero-order valence-corrected chi connectivity index (χ0v) is 12.7. The van der Waals surface area contributed by atoms with E-state index in [1.54, 1.807) is 0 Å². The molecule has 19 heavy (non-hydrogen) atoms. The van der Waals surface area contributed by atoms with E-state index in [0.29, 0.717) is 5.92 Å². The summed E-state index contributed by atoms with van der Waals surface area (Å²) in [6.45, 7) is 6.72. The summed E-state index contributed by atoms with van der Waals surface area (Å²) in [6.07, 6.45) is 8.89. The highest BCUT2D eigenvalue weighted by molar-refractivity contribution is 5.10. The molecule has 1 aromatic heterocycles. The number of aryl methyl sites for hydroxylation is 1. The second-order valence-electron chi connectivity index (χ2n) is 6.06. The van der Waals surface area contributed by atoms with Crippen LogP contribution in [0, 0.1) is 11.8 Å². The Labute approximate surface area is 117 Å². The van der Waals surface area contributed by atoms with Crippen LogP contribution >= 0.6 is 0 Å². The Morgan fingerprint density at radius 1 is 1.37 bits per heavy atom. The summed E-state index contributed by atoms with van der Waals surface area (Å²) in [5.41, 5.74) is 1.31. The van der Waals surface area contributed by atoms with Crippen molar-refractivity contribution in [3.05, 3.63) is 18.0 Å². The van der Waals surface area contributed by atoms with E-state index in [4.69, 9.17) is 0 Å². The van der Waals surface area contributed by atoms with Crippen molar-refractivity contribution in [1.82, 2.24) is 15.1 Å². The van der Waals surface area contributed by atoms with Crippen LogP contribution in [0.4, 0.5) is 0 Å². The van der Waals surface area contributed by atoms with Crippen molar-refractivity contribution in [3.8, 4) is 0 Å². The van der Waals surface area contributed by atoms with Crippen LogP contribution in [0.25, 0.3) is 0 Å². The minimum Gasteiger partial charge on any atom is -0.317 e. The van der Waals surface area contributed by atoms with Crippen LogP contribution in [0.1, 0.15) is 57.6 Å². The zero-order valence-electron chi connectivity index (χ0n) is 12.7. The van der Waals surface area contributed by atoms with Gasteiger partial charge in [-0.15, -0.1) is 0 Å². The molecule has 0 amide bonds. The molecule has 108 valence electrons. The van der Waals surface area contributed by atoms with Crippen LogP contribution in [-0.2, 0) is 7.05 Å². The monoisotopic (exact) mass is 263 g/mol. The van der Waals surface area contributed by atoms with Gasteiger partial charge in [0.25, 0.3) is 0 Å². The van der Waals surface area contributed by atoms with Crippen LogP contribution in [0.5, 0.6) is 0 Å². The van der Waals surface area contributed by atoms with Gasteiger partial charge in [-0.05, 0) is 43.8 Å². The Kier molecular flexibility index (Phi) is 5.44. The highest BCUT2D eigenvalue weighted by Gasteiger charge is 2.32. The third-order valence-electron chi connectivity index (χ3n) is 4.57. The first kappa shape index (κ1) is 14.6. The molecule has 1 aliphatic rings. The summed E-state index contributed by atoms with van der Waals surface area (Å²) >= 11 is 0. The van der Waals surface area contributed by atoms with Gasteiger partial charge >= 0.3 is 0 Å². The summed E-state index contributed by atoms with van der Waals surface area (Å²) < 4.78 is 1.95. The van der Waals surface area contributed by atoms with Gasteiger partial charge in [-0.1, -0.05) is 33.1 Å². The first-order valence-corrected chi connectivity index (χ1v) is 7.94. The van der Waals surface area contributed by atoms with E-state index >= 15 is 0 Å². The summed E-state index contributed by atoms with van der Waals surface area (Å²) in [5, 5.41) is 8.21. The van der Waals surface area contributed by atoms with Crippen molar-refractivity contribution in [3.63, 3.8) is 0 Å². The third-order valence-corrected chi connectivity index (χ3v) is 4.57. The Hall–Kier alpha value is -0.830. The van der Waals surface area contributed by atoms with E-state index in [-0.39, 0.29) is 0 Å². The minimum absolute atomic E-state index is 0.658. The smallest absolute Gasteiger partial charge is 0.0658 e. The molecule has 0 bridgehead atoms. The first-order valence-electron chi connectivity index (χ1n) is 7.94. The maximum Gasteiger partial charge on any atom is 0.0658 e. The molecule has 1 heterocycles. The standard InChI is InChI=1S/C16H29N3/c1-4-6-13-7-8-14(12-17-5-2)15(11-13)16-9-10-19(3)18-16/h9-10,13-15,17H,4-8,11-12H2,1-3H3. The van der Waals surface area contributed by atoms with Gasteiger partial charge in [0.05, 0.1) is 5.69 Å². The SMILES string of the molecule is CCCC1CCC(CNCC)C(c2ccn(C)n2)C1. The fourth-order valence-corrected chi connectivity index (χ4v) is 3.56. The third kappa shape index (κ3) is 3.82. The molecule has 0 saturated heterocycles. The van der Waals surface area contributed by atoms with Gasteiger partial charge in [0.1, 0.15) is 0 Å². The molecule has 1 saturated carbocycles. The van der Waals surface area contributed by atoms with Gasteiger partial charge in [-0.2, -0.15) is 5.10 Å². The lowest BCUT2D eigenvalue weighted by Gasteiger charge is -2.35. The van der Waals surface area contributed by atoms with Crippen LogP contribution < -0.4 is 5.32 Å². The number of hydrogen-bond donors (Lipinski definition) is 1. The summed E-state index contributed by atoms with van der Waals surface area (Å²) in [7, 11) is 2.02. The number of aromatic nitrogens is 2. The fraction of sp³-hybridized carbons (Fsp3) is 0.812. The number of nitrogens with one attached hydrogen (secondary N) is 1. The zero-order chi connectivity index (χ0) is 13.7. The van der Waals surface area contributed by atoms with Crippen LogP contribution in [0.15, 0.2) is 12.3 Å². The molecule has 1 fully saturated rings. The molecule has 0 aliphatic heterocycles. The van der Waals surface area contributed by atoms with Crippen molar-refractivity contribution in [2.75, 3.05) is 13.1 Å². The highest BCUT2D eigenvalue weighted by atomic mass is 15.2. The van der Waals surface area contributed by atoms with Crippen molar-refractivity contribution in [2.45, 2.75) is 51.9 Å². The molecule has 3 nitrogen and oxygen atoms in total. The molecular formula is C16H29N3. The maximum absolute atomic E-state index is 4.68. The van der Waals surface area contributed by atoms with E-state index in [2.05, 4.69) is 36.5 Å². The predicted molar refractivity (Wildman–Crippen MR) is 80.2 cm³/mol. The molecule has 1 aromatic rings. The van der Waals surface area contributed by atoms with Crippen molar-refractivity contribution >= 4 is 0 Å². The van der Waals surface area contributed by atoms with Gasteiger partial charge in [-0.3, -0.25) is 4.68 Å². The largest absolute Gasteiger partial charge is 0.317 e. The minimum atomic E-state index is 0.658. The van der Waals surface area contributed by atoms with Gasteiger partial charge in [0.2, 0.25) is 0 Å². The molecule has 0 radical (unpaired) electrons. The molecule has 1 aliphatic carbocycles. The molecule has 3 heteroatoms. The first-order chi connectivity index (χ1) is 9.24. The molecule has 2 rings (SSSR count). The van der Waals surface area contributed by atoms with Gasteiger partial charge in [0.15, 0.2) is 0 Å². The van der Waals surface area contributed by atoms with Gasteiger partial charge in [-0.25, -0.2) is 0 Å². The second-order valence-corrected chi connectivity index (χ2v) is 6.06. The van der Waals surface area contributed by atoms with E-state index in [9.17, 15) is 0 Å². The maximum atomic E-state index is 4.68. The molecule has 3 atom stereocenters. The fourth-order valence-electron chi connectivity index (χ4n) is 3.56. The lowest BCUT2D eigenvalue weighted by atomic mass is 9.71. The normalized spacial score (nSPS) is 27.6. The topological polar surface area (TPSA) is 29.9 Å². The number of rotatable bonds is 6. The molecular weight excluding hydrogens is 234 g/mol. The average molecular weight is 263 g/mol. The number of nitrogens with zero attached hydrogens (tertiary/aromatic N) is 2. The van der Waals surface area contributed by atoms with Gasteiger partial charge < -0.3 is 5.32 Å². The van der Waals surface area contributed by atoms with E-state index < -0.39 is 0 Å². The van der Waals surface area contributed by atoms with E-state index in [0.717, 1.165) is 24.9 Å². The summed E-state index contributed by atoms with van der Waals surface area (Å²) in [6, 6.07) is 2.22. The summed E-state index contributed by atoms with van der Waals surface area (Å²) in [4.78, 5) is 0. The van der Waals surface area contributed by atoms with Crippen LogP contribution in [0.2, 0.25) is 0 Å². The highest BCUT2D eigenvalue weighted by Crippen LogP contribution is 2.41. The van der Waals surface area contributed by atoms with Crippen LogP contribution in [0.3, 0.4) is 0 Å². The summed E-state index contributed by atoms with van der Waals surface area (Å²) in [5.74, 6) is 2.34. The quantitative estimate of drug-likeness (QED) is 0.853. The second kappa shape index (κ2) is 7.09. The number of hydrogen-bond acceptors (Lipinski definition) is 2. The molecule has 1 N–H and O–H groups in total. The lowest BCUT2D eigenvalue weighted by Crippen LogP contribution is -2.32. The van der Waals surface area contributed by atoms with Crippen LogP contribution in [-0.4, -0.2) is 22.9 Å². The Morgan fingerprint density at radius 2 is 2.21 bits per heavy atom. The van der Waals surface area contributed by atoms with Crippen molar-refractivity contribution < 1.29 is 0 Å². The van der Waals surface area contributed by atoms with Crippen molar-refractivity contribution in [2.24, 2.45) is 18.9 Å².